The highest BCUT2D eigenvalue weighted by molar-refractivity contribution is 6.30. The number of ether oxygens (including phenoxy) is 1. The van der Waals surface area contributed by atoms with E-state index in [4.69, 9.17) is 16.3 Å². The van der Waals surface area contributed by atoms with Gasteiger partial charge in [-0.3, -0.25) is 4.79 Å². The molecule has 3 N–H and O–H groups in total. The first-order valence-electron chi connectivity index (χ1n) is 7.16. The van der Waals surface area contributed by atoms with Crippen LogP contribution in [0.25, 0.3) is 0 Å². The van der Waals surface area contributed by atoms with Crippen LogP contribution in [0.2, 0.25) is 5.02 Å². The van der Waals surface area contributed by atoms with Gasteiger partial charge in [0.1, 0.15) is 5.75 Å². The van der Waals surface area contributed by atoms with E-state index in [9.17, 15) is 9.90 Å². The van der Waals surface area contributed by atoms with E-state index in [1.165, 1.54) is 0 Å². The molecule has 122 valence electrons. The van der Waals surface area contributed by atoms with E-state index in [0.717, 1.165) is 17.0 Å². The van der Waals surface area contributed by atoms with Crippen molar-refractivity contribution in [3.63, 3.8) is 0 Å². The van der Waals surface area contributed by atoms with E-state index in [1.54, 1.807) is 55.6 Å². The monoisotopic (exact) mass is 334 g/mol. The van der Waals surface area contributed by atoms with Gasteiger partial charge >= 0.3 is 0 Å². The maximum absolute atomic E-state index is 11.8. The van der Waals surface area contributed by atoms with E-state index >= 15 is 0 Å². The van der Waals surface area contributed by atoms with Crippen LogP contribution in [0.3, 0.4) is 0 Å². The zero-order valence-electron chi connectivity index (χ0n) is 12.8. The van der Waals surface area contributed by atoms with Gasteiger partial charge < -0.3 is 20.5 Å². The Kier molecular flexibility index (Phi) is 6.26. The van der Waals surface area contributed by atoms with Gasteiger partial charge in [0.2, 0.25) is 5.91 Å². The number of carbonyl (C=O) groups is 1. The normalized spacial score (nSPS) is 11.6. The molecule has 0 aliphatic heterocycles. The molecule has 2 aromatic rings. The van der Waals surface area contributed by atoms with Gasteiger partial charge in [0.05, 0.1) is 19.8 Å². The van der Waals surface area contributed by atoms with Gasteiger partial charge in [-0.2, -0.15) is 0 Å². The highest BCUT2D eigenvalue weighted by Gasteiger charge is 2.09. The first kappa shape index (κ1) is 17.1. The van der Waals surface area contributed by atoms with Crippen LogP contribution in [-0.4, -0.2) is 31.2 Å². The molecule has 1 atom stereocenters. The fourth-order valence-corrected chi connectivity index (χ4v) is 2.09. The summed E-state index contributed by atoms with van der Waals surface area (Å²) in [4.78, 5) is 11.8. The molecule has 0 saturated heterocycles. The third-order valence-electron chi connectivity index (χ3n) is 3.29. The number of benzene rings is 2. The summed E-state index contributed by atoms with van der Waals surface area (Å²) in [5.41, 5.74) is 1.53. The molecule has 6 heteroatoms. The van der Waals surface area contributed by atoms with E-state index in [1.807, 2.05) is 0 Å². The van der Waals surface area contributed by atoms with Crippen LogP contribution in [0.1, 0.15) is 11.7 Å². The fraction of sp³-hybridized carbons (Fsp3) is 0.235. The Morgan fingerprint density at radius 3 is 2.43 bits per heavy atom. The molecular formula is C17H19ClN2O3. The Bertz CT molecular complexity index is 629. The summed E-state index contributed by atoms with van der Waals surface area (Å²) in [5.74, 6) is 0.518. The Balaban J connectivity index is 1.75. The fourth-order valence-electron chi connectivity index (χ4n) is 1.97. The zero-order chi connectivity index (χ0) is 16.7. The van der Waals surface area contributed by atoms with Gasteiger partial charge in [-0.15, -0.1) is 0 Å². The molecule has 2 aromatic carbocycles. The molecule has 0 aliphatic rings. The van der Waals surface area contributed by atoms with Crippen LogP contribution >= 0.6 is 11.6 Å². The van der Waals surface area contributed by atoms with Crippen LogP contribution in [0, 0.1) is 0 Å². The predicted octanol–water partition coefficient (Wildman–Crippen LogP) is 2.61. The number of rotatable bonds is 7. The van der Waals surface area contributed by atoms with Gasteiger partial charge in [-0.05, 0) is 42.0 Å². The highest BCUT2D eigenvalue weighted by Crippen LogP contribution is 2.17. The number of hydrogen-bond acceptors (Lipinski definition) is 4. The van der Waals surface area contributed by atoms with Crippen molar-refractivity contribution >= 4 is 23.2 Å². The Morgan fingerprint density at radius 1 is 1.17 bits per heavy atom. The molecule has 0 spiro atoms. The van der Waals surface area contributed by atoms with Crippen molar-refractivity contribution in [2.45, 2.75) is 6.10 Å². The van der Waals surface area contributed by atoms with Crippen molar-refractivity contribution in [1.82, 2.24) is 5.32 Å². The maximum Gasteiger partial charge on any atom is 0.239 e. The third kappa shape index (κ3) is 5.47. The summed E-state index contributed by atoms with van der Waals surface area (Å²) < 4.78 is 5.06. The minimum Gasteiger partial charge on any atom is -0.497 e. The highest BCUT2D eigenvalue weighted by atomic mass is 35.5. The quantitative estimate of drug-likeness (QED) is 0.728. The Labute approximate surface area is 140 Å². The molecule has 0 heterocycles. The molecule has 1 amide bonds. The summed E-state index contributed by atoms with van der Waals surface area (Å²) in [6.07, 6.45) is -0.764. The van der Waals surface area contributed by atoms with Crippen molar-refractivity contribution in [2.24, 2.45) is 0 Å². The number of nitrogens with one attached hydrogen (secondary N) is 2. The Hall–Kier alpha value is -2.24. The van der Waals surface area contributed by atoms with Crippen LogP contribution in [0.5, 0.6) is 5.75 Å². The van der Waals surface area contributed by atoms with Crippen LogP contribution < -0.4 is 15.4 Å². The summed E-state index contributed by atoms with van der Waals surface area (Å²) in [6, 6.07) is 14.1. The smallest absolute Gasteiger partial charge is 0.239 e. The lowest BCUT2D eigenvalue weighted by atomic mass is 10.1. The lowest BCUT2D eigenvalue weighted by molar-refractivity contribution is -0.119. The minimum atomic E-state index is -0.764. The van der Waals surface area contributed by atoms with E-state index in [-0.39, 0.29) is 19.0 Å². The van der Waals surface area contributed by atoms with Gasteiger partial charge in [-0.1, -0.05) is 23.7 Å². The van der Waals surface area contributed by atoms with Crippen molar-refractivity contribution in [2.75, 3.05) is 25.5 Å². The number of methoxy groups -OCH3 is 1. The second-order valence-electron chi connectivity index (χ2n) is 4.95. The number of amides is 1. The lowest BCUT2D eigenvalue weighted by Crippen LogP contribution is -2.33. The summed E-state index contributed by atoms with van der Waals surface area (Å²) in [7, 11) is 1.58. The third-order valence-corrected chi connectivity index (χ3v) is 3.54. The van der Waals surface area contributed by atoms with Crippen molar-refractivity contribution in [3.05, 3.63) is 59.1 Å². The zero-order valence-corrected chi connectivity index (χ0v) is 13.5. The Morgan fingerprint density at radius 2 is 1.83 bits per heavy atom. The maximum atomic E-state index is 11.8. The van der Waals surface area contributed by atoms with E-state index < -0.39 is 6.10 Å². The predicted molar refractivity (Wildman–Crippen MR) is 90.9 cm³/mol. The van der Waals surface area contributed by atoms with Gasteiger partial charge in [0, 0.05) is 17.3 Å². The van der Waals surface area contributed by atoms with Crippen molar-refractivity contribution < 1.29 is 14.6 Å². The summed E-state index contributed by atoms with van der Waals surface area (Å²) in [5, 5.41) is 16.4. The molecule has 0 aromatic heterocycles. The van der Waals surface area contributed by atoms with Crippen LogP contribution in [0.4, 0.5) is 5.69 Å². The van der Waals surface area contributed by atoms with E-state index in [0.29, 0.717) is 5.02 Å². The largest absolute Gasteiger partial charge is 0.497 e. The lowest BCUT2D eigenvalue weighted by Gasteiger charge is -2.13. The molecule has 0 saturated carbocycles. The summed E-state index contributed by atoms with van der Waals surface area (Å²) in [6.45, 7) is 0.268. The second kappa shape index (κ2) is 8.41. The number of carbonyl (C=O) groups excluding carboxylic acids is 1. The molecular weight excluding hydrogens is 316 g/mol. The van der Waals surface area contributed by atoms with Crippen molar-refractivity contribution in [3.8, 4) is 5.75 Å². The topological polar surface area (TPSA) is 70.6 Å². The molecule has 0 fully saturated rings. The van der Waals surface area contributed by atoms with Crippen LogP contribution in [-0.2, 0) is 4.79 Å². The minimum absolute atomic E-state index is 0.122. The molecule has 0 bridgehead atoms. The first-order chi connectivity index (χ1) is 11.1. The first-order valence-corrected chi connectivity index (χ1v) is 7.54. The standard InChI is InChI=1S/C17H19ClN2O3/c1-23-15-8-2-12(3-9-15)16(21)10-20-17(22)11-19-14-6-4-13(18)5-7-14/h2-9,16,19,21H,10-11H2,1H3,(H,20,22). The molecule has 0 aliphatic carbocycles. The van der Waals surface area contributed by atoms with E-state index in [2.05, 4.69) is 10.6 Å². The number of aliphatic hydroxyl groups is 1. The molecule has 1 unspecified atom stereocenters. The van der Waals surface area contributed by atoms with Gasteiger partial charge in [0.15, 0.2) is 0 Å². The number of halogens is 1. The second-order valence-corrected chi connectivity index (χ2v) is 5.39. The number of aliphatic hydroxyl groups excluding tert-OH is 1. The molecule has 0 radical (unpaired) electrons. The molecule has 23 heavy (non-hydrogen) atoms. The van der Waals surface area contributed by atoms with Crippen LogP contribution in [0.15, 0.2) is 48.5 Å². The van der Waals surface area contributed by atoms with Crippen molar-refractivity contribution in [1.29, 1.82) is 0 Å². The number of anilines is 1. The van der Waals surface area contributed by atoms with Gasteiger partial charge in [0.25, 0.3) is 0 Å². The summed E-state index contributed by atoms with van der Waals surface area (Å²) >= 11 is 5.79. The SMILES string of the molecule is COc1ccc(C(O)CNC(=O)CNc2ccc(Cl)cc2)cc1. The van der Waals surface area contributed by atoms with Gasteiger partial charge in [-0.25, -0.2) is 0 Å². The molecule has 2 rings (SSSR count). The molecule has 5 nitrogen and oxygen atoms in total. The average Bonchev–Trinajstić information content (AvgIpc) is 2.59. The number of hydrogen-bond donors (Lipinski definition) is 3. The average molecular weight is 335 g/mol.